The summed E-state index contributed by atoms with van der Waals surface area (Å²) >= 11 is 1.27. The second kappa shape index (κ2) is 6.94. The number of aryl methyl sites for hydroxylation is 1. The number of imidazole rings is 1. The molecule has 1 amide bonds. The summed E-state index contributed by atoms with van der Waals surface area (Å²) in [5.74, 6) is -0.323. The number of thioether (sulfide) groups is 1. The molecule has 0 radical (unpaired) electrons. The van der Waals surface area contributed by atoms with Crippen LogP contribution < -0.4 is 5.32 Å². The minimum Gasteiger partial charge on any atom is -0.333 e. The third kappa shape index (κ3) is 3.80. The molecule has 0 saturated carbocycles. The molecule has 2 aromatic carbocycles. The van der Waals surface area contributed by atoms with Crippen LogP contribution in [-0.4, -0.2) is 26.0 Å². The Hall–Kier alpha value is -2.87. The third-order valence-corrected chi connectivity index (χ3v) is 4.62. The van der Waals surface area contributed by atoms with Crippen molar-refractivity contribution in [2.24, 2.45) is 0 Å². The Morgan fingerprint density at radius 1 is 1.32 bits per heavy atom. The van der Waals surface area contributed by atoms with E-state index in [1.54, 1.807) is 19.1 Å². The summed E-state index contributed by atoms with van der Waals surface area (Å²) in [5, 5.41) is 13.8. The van der Waals surface area contributed by atoms with Crippen molar-refractivity contribution in [3.05, 3.63) is 58.1 Å². The van der Waals surface area contributed by atoms with Crippen molar-refractivity contribution in [3.8, 4) is 0 Å². The molecule has 128 valence electrons. The van der Waals surface area contributed by atoms with Crippen molar-refractivity contribution < 1.29 is 9.72 Å². The molecule has 0 fully saturated rings. The maximum atomic E-state index is 12.4. The average molecular weight is 356 g/mol. The number of amides is 1. The molecule has 7 nitrogen and oxygen atoms in total. The van der Waals surface area contributed by atoms with E-state index in [1.165, 1.54) is 23.9 Å². The molecule has 0 aliphatic rings. The number of hydrogen-bond donors (Lipinski definition) is 2. The lowest BCUT2D eigenvalue weighted by molar-refractivity contribution is -0.383. The number of nitro groups is 1. The van der Waals surface area contributed by atoms with E-state index in [9.17, 15) is 14.9 Å². The first-order chi connectivity index (χ1) is 11.9. The highest BCUT2D eigenvalue weighted by Crippen LogP contribution is 2.27. The number of aromatic nitrogens is 2. The second-order valence-corrected chi connectivity index (χ2v) is 6.92. The molecular formula is C17H16N4O3S. The van der Waals surface area contributed by atoms with Gasteiger partial charge in [-0.15, -0.1) is 0 Å². The fourth-order valence-corrected chi connectivity index (χ4v) is 3.17. The standard InChI is InChI=1S/C17H16N4O3S/c1-10-7-8-12-14(9-10)20-17(19-12)25-11(2)16(22)18-13-5-3-4-6-15(13)21(23)24/h3-9,11H,1-2H3,(H,18,22)(H,19,20)/t11-/m0/s1. The first-order valence-electron chi connectivity index (χ1n) is 7.61. The van der Waals surface area contributed by atoms with Crippen LogP contribution in [0, 0.1) is 17.0 Å². The first kappa shape index (κ1) is 17.0. The van der Waals surface area contributed by atoms with Crippen LogP contribution in [0.2, 0.25) is 0 Å². The largest absolute Gasteiger partial charge is 0.333 e. The van der Waals surface area contributed by atoms with Crippen LogP contribution in [0.1, 0.15) is 12.5 Å². The highest BCUT2D eigenvalue weighted by atomic mass is 32.2. The number of rotatable bonds is 5. The summed E-state index contributed by atoms with van der Waals surface area (Å²) in [4.78, 5) is 30.5. The summed E-state index contributed by atoms with van der Waals surface area (Å²) < 4.78 is 0. The number of nitro benzene ring substituents is 1. The van der Waals surface area contributed by atoms with Gasteiger partial charge in [-0.2, -0.15) is 0 Å². The SMILES string of the molecule is Cc1ccc2nc(S[C@@H](C)C(=O)Nc3ccccc3[N+](=O)[O-])[nH]c2c1. The van der Waals surface area contributed by atoms with E-state index in [-0.39, 0.29) is 17.3 Å². The number of H-pyrrole nitrogens is 1. The van der Waals surface area contributed by atoms with Gasteiger partial charge in [0.05, 0.1) is 21.2 Å². The lowest BCUT2D eigenvalue weighted by Gasteiger charge is -2.10. The zero-order chi connectivity index (χ0) is 18.0. The van der Waals surface area contributed by atoms with Crippen molar-refractivity contribution in [1.29, 1.82) is 0 Å². The van der Waals surface area contributed by atoms with Crippen molar-refractivity contribution >= 4 is 40.1 Å². The van der Waals surface area contributed by atoms with Gasteiger partial charge in [-0.1, -0.05) is 30.0 Å². The van der Waals surface area contributed by atoms with Crippen LogP contribution in [0.4, 0.5) is 11.4 Å². The van der Waals surface area contributed by atoms with E-state index in [0.717, 1.165) is 16.6 Å². The predicted molar refractivity (Wildman–Crippen MR) is 97.9 cm³/mol. The summed E-state index contributed by atoms with van der Waals surface area (Å²) in [6.45, 7) is 3.73. The van der Waals surface area contributed by atoms with Crippen LogP contribution in [0.15, 0.2) is 47.6 Å². The fourth-order valence-electron chi connectivity index (χ4n) is 2.35. The average Bonchev–Trinajstić information content (AvgIpc) is 2.96. The van der Waals surface area contributed by atoms with Gasteiger partial charge in [-0.3, -0.25) is 14.9 Å². The Bertz CT molecular complexity index is 954. The number of benzene rings is 2. The molecule has 1 heterocycles. The Morgan fingerprint density at radius 2 is 2.08 bits per heavy atom. The number of aromatic amines is 1. The predicted octanol–water partition coefficient (Wildman–Crippen LogP) is 3.90. The van der Waals surface area contributed by atoms with Crippen molar-refractivity contribution in [2.75, 3.05) is 5.32 Å². The summed E-state index contributed by atoms with van der Waals surface area (Å²) in [7, 11) is 0. The number of carbonyl (C=O) groups is 1. The minimum absolute atomic E-state index is 0.132. The smallest absolute Gasteiger partial charge is 0.292 e. The third-order valence-electron chi connectivity index (χ3n) is 3.63. The van der Waals surface area contributed by atoms with Crippen LogP contribution in [0.3, 0.4) is 0 Å². The van der Waals surface area contributed by atoms with Crippen molar-refractivity contribution in [3.63, 3.8) is 0 Å². The van der Waals surface area contributed by atoms with Gasteiger partial charge in [0.2, 0.25) is 5.91 Å². The Kier molecular flexibility index (Phi) is 4.71. The number of nitrogens with zero attached hydrogens (tertiary/aromatic N) is 2. The number of nitrogens with one attached hydrogen (secondary N) is 2. The lowest BCUT2D eigenvalue weighted by atomic mass is 10.2. The van der Waals surface area contributed by atoms with E-state index >= 15 is 0 Å². The minimum atomic E-state index is -0.519. The highest BCUT2D eigenvalue weighted by molar-refractivity contribution is 8.00. The Balaban J connectivity index is 1.73. The van der Waals surface area contributed by atoms with Gasteiger partial charge < -0.3 is 10.3 Å². The van der Waals surface area contributed by atoms with Gasteiger partial charge in [-0.25, -0.2) is 4.98 Å². The fraction of sp³-hybridized carbons (Fsp3) is 0.176. The van der Waals surface area contributed by atoms with Gasteiger partial charge in [0.15, 0.2) is 5.16 Å². The van der Waals surface area contributed by atoms with Gasteiger partial charge in [0, 0.05) is 6.07 Å². The molecule has 0 saturated heterocycles. The molecule has 0 spiro atoms. The zero-order valence-corrected chi connectivity index (χ0v) is 14.5. The lowest BCUT2D eigenvalue weighted by Crippen LogP contribution is -2.23. The van der Waals surface area contributed by atoms with Gasteiger partial charge in [-0.05, 0) is 37.6 Å². The van der Waals surface area contributed by atoms with Crippen LogP contribution in [-0.2, 0) is 4.79 Å². The molecule has 0 bridgehead atoms. The summed E-state index contributed by atoms with van der Waals surface area (Å²) in [5.41, 5.74) is 2.92. The molecule has 3 aromatic rings. The molecule has 2 N–H and O–H groups in total. The number of para-hydroxylation sites is 2. The molecule has 0 unspecified atom stereocenters. The van der Waals surface area contributed by atoms with Crippen molar-refractivity contribution in [2.45, 2.75) is 24.3 Å². The maximum absolute atomic E-state index is 12.4. The van der Waals surface area contributed by atoms with E-state index < -0.39 is 10.2 Å². The Morgan fingerprint density at radius 3 is 2.84 bits per heavy atom. The topological polar surface area (TPSA) is 101 Å². The Labute approximate surface area is 148 Å². The number of fused-ring (bicyclic) bond motifs is 1. The van der Waals surface area contributed by atoms with Crippen LogP contribution in [0.5, 0.6) is 0 Å². The summed E-state index contributed by atoms with van der Waals surface area (Å²) in [6.07, 6.45) is 0. The van der Waals surface area contributed by atoms with E-state index in [0.29, 0.717) is 5.16 Å². The van der Waals surface area contributed by atoms with E-state index in [2.05, 4.69) is 15.3 Å². The molecule has 0 aliphatic heterocycles. The number of hydrogen-bond acceptors (Lipinski definition) is 5. The maximum Gasteiger partial charge on any atom is 0.292 e. The molecule has 1 aromatic heterocycles. The van der Waals surface area contributed by atoms with Crippen LogP contribution in [0.25, 0.3) is 11.0 Å². The van der Waals surface area contributed by atoms with Gasteiger partial charge in [0.1, 0.15) is 5.69 Å². The normalized spacial score (nSPS) is 12.1. The molecule has 3 rings (SSSR count). The summed E-state index contributed by atoms with van der Waals surface area (Å²) in [6, 6.07) is 12.0. The first-order valence-corrected chi connectivity index (χ1v) is 8.49. The molecule has 25 heavy (non-hydrogen) atoms. The van der Waals surface area contributed by atoms with E-state index in [1.807, 2.05) is 25.1 Å². The quantitative estimate of drug-likeness (QED) is 0.410. The number of anilines is 1. The molecule has 0 aliphatic carbocycles. The molecule has 8 heteroatoms. The zero-order valence-electron chi connectivity index (χ0n) is 13.6. The molecule has 1 atom stereocenters. The van der Waals surface area contributed by atoms with Gasteiger partial charge >= 0.3 is 0 Å². The van der Waals surface area contributed by atoms with Crippen molar-refractivity contribution in [1.82, 2.24) is 9.97 Å². The van der Waals surface area contributed by atoms with Gasteiger partial charge in [0.25, 0.3) is 5.69 Å². The number of carbonyl (C=O) groups excluding carboxylic acids is 1. The van der Waals surface area contributed by atoms with Crippen LogP contribution >= 0.6 is 11.8 Å². The monoisotopic (exact) mass is 356 g/mol. The molecular weight excluding hydrogens is 340 g/mol. The highest BCUT2D eigenvalue weighted by Gasteiger charge is 2.20. The van der Waals surface area contributed by atoms with E-state index in [4.69, 9.17) is 0 Å². The second-order valence-electron chi connectivity index (χ2n) is 5.59.